The molecule has 1 fully saturated rings. The summed E-state index contributed by atoms with van der Waals surface area (Å²) in [5.41, 5.74) is 0. The van der Waals surface area contributed by atoms with Gasteiger partial charge in [0.25, 0.3) is 0 Å². The standard InChI is InChI=1S/C16H34N2/c1-7-8-15-11-18(14(6)9-12(2)3)16(10-17-15)13(4)5/h12-17H,7-11H2,1-6H3. The van der Waals surface area contributed by atoms with Crippen molar-refractivity contribution in [2.45, 2.75) is 78.9 Å². The van der Waals surface area contributed by atoms with E-state index in [9.17, 15) is 0 Å². The average molecular weight is 254 g/mol. The molecule has 1 heterocycles. The third kappa shape index (κ3) is 4.55. The van der Waals surface area contributed by atoms with Crippen molar-refractivity contribution in [1.29, 1.82) is 0 Å². The first-order valence-corrected chi connectivity index (χ1v) is 7.94. The quantitative estimate of drug-likeness (QED) is 0.780. The maximum Gasteiger partial charge on any atom is 0.0247 e. The zero-order valence-electron chi connectivity index (χ0n) is 13.4. The van der Waals surface area contributed by atoms with Gasteiger partial charge in [-0.3, -0.25) is 4.90 Å². The second-order valence-electron chi connectivity index (χ2n) is 6.88. The normalized spacial score (nSPS) is 28.0. The van der Waals surface area contributed by atoms with E-state index >= 15 is 0 Å². The van der Waals surface area contributed by atoms with Crippen molar-refractivity contribution >= 4 is 0 Å². The van der Waals surface area contributed by atoms with Crippen LogP contribution in [0.1, 0.15) is 60.8 Å². The molecule has 0 amide bonds. The van der Waals surface area contributed by atoms with Crippen LogP contribution in [-0.4, -0.2) is 36.1 Å². The highest BCUT2D eigenvalue weighted by molar-refractivity contribution is 4.90. The molecule has 3 unspecified atom stereocenters. The minimum atomic E-state index is 0.708. The SMILES string of the molecule is CCCC1CN(C(C)CC(C)C)C(C(C)C)CN1. The van der Waals surface area contributed by atoms with Crippen LogP contribution < -0.4 is 5.32 Å². The highest BCUT2D eigenvalue weighted by atomic mass is 15.3. The van der Waals surface area contributed by atoms with Gasteiger partial charge >= 0.3 is 0 Å². The predicted molar refractivity (Wildman–Crippen MR) is 80.9 cm³/mol. The molecule has 0 bridgehead atoms. The molecular formula is C16H34N2. The van der Waals surface area contributed by atoms with E-state index in [1.54, 1.807) is 0 Å². The van der Waals surface area contributed by atoms with Crippen molar-refractivity contribution in [1.82, 2.24) is 10.2 Å². The fourth-order valence-electron chi connectivity index (χ4n) is 3.34. The first-order chi connectivity index (χ1) is 8.45. The second-order valence-corrected chi connectivity index (χ2v) is 6.88. The highest BCUT2D eigenvalue weighted by Gasteiger charge is 2.32. The molecule has 1 aliphatic heterocycles. The molecule has 2 nitrogen and oxygen atoms in total. The van der Waals surface area contributed by atoms with Crippen molar-refractivity contribution in [2.75, 3.05) is 13.1 Å². The molecule has 0 aromatic heterocycles. The number of nitrogens with one attached hydrogen (secondary N) is 1. The van der Waals surface area contributed by atoms with Gasteiger partial charge in [-0.15, -0.1) is 0 Å². The Balaban J connectivity index is 2.65. The molecule has 1 aliphatic rings. The predicted octanol–water partition coefficient (Wildman–Crippen LogP) is 3.52. The van der Waals surface area contributed by atoms with Crippen LogP contribution in [0.3, 0.4) is 0 Å². The highest BCUT2D eigenvalue weighted by Crippen LogP contribution is 2.22. The van der Waals surface area contributed by atoms with Crippen LogP contribution in [0.4, 0.5) is 0 Å². The minimum absolute atomic E-state index is 0.708. The third-order valence-corrected chi connectivity index (χ3v) is 4.26. The van der Waals surface area contributed by atoms with Crippen LogP contribution in [0.5, 0.6) is 0 Å². The molecule has 0 saturated carbocycles. The van der Waals surface area contributed by atoms with Crippen molar-refractivity contribution in [3.05, 3.63) is 0 Å². The van der Waals surface area contributed by atoms with Crippen LogP contribution in [-0.2, 0) is 0 Å². The second kappa shape index (κ2) is 7.49. The molecule has 0 aromatic carbocycles. The third-order valence-electron chi connectivity index (χ3n) is 4.26. The Morgan fingerprint density at radius 3 is 2.33 bits per heavy atom. The summed E-state index contributed by atoms with van der Waals surface area (Å²) in [6.07, 6.45) is 3.92. The van der Waals surface area contributed by atoms with Gasteiger partial charge in [-0.2, -0.15) is 0 Å². The Hall–Kier alpha value is -0.0800. The van der Waals surface area contributed by atoms with Crippen LogP contribution in [0.2, 0.25) is 0 Å². The summed E-state index contributed by atoms with van der Waals surface area (Å²) in [6.45, 7) is 16.5. The van der Waals surface area contributed by atoms with E-state index in [2.05, 4.69) is 51.8 Å². The van der Waals surface area contributed by atoms with Crippen LogP contribution in [0.15, 0.2) is 0 Å². The van der Waals surface area contributed by atoms with Gasteiger partial charge in [0.1, 0.15) is 0 Å². The summed E-state index contributed by atoms with van der Waals surface area (Å²) < 4.78 is 0. The van der Waals surface area contributed by atoms with E-state index in [-0.39, 0.29) is 0 Å². The molecule has 108 valence electrons. The van der Waals surface area contributed by atoms with Gasteiger partial charge in [0.15, 0.2) is 0 Å². The Morgan fingerprint density at radius 1 is 1.17 bits per heavy atom. The van der Waals surface area contributed by atoms with Crippen molar-refractivity contribution in [2.24, 2.45) is 11.8 Å². The number of nitrogens with zero attached hydrogens (tertiary/aromatic N) is 1. The fraction of sp³-hybridized carbons (Fsp3) is 1.00. The summed E-state index contributed by atoms with van der Waals surface area (Å²) >= 11 is 0. The van der Waals surface area contributed by atoms with Gasteiger partial charge in [-0.1, -0.05) is 41.0 Å². The Kier molecular flexibility index (Phi) is 6.65. The average Bonchev–Trinajstić information content (AvgIpc) is 2.28. The van der Waals surface area contributed by atoms with Gasteiger partial charge in [-0.05, 0) is 31.6 Å². The first kappa shape index (κ1) is 16.0. The molecule has 1 rings (SSSR count). The van der Waals surface area contributed by atoms with Crippen LogP contribution >= 0.6 is 0 Å². The molecule has 1 N–H and O–H groups in total. The fourth-order valence-corrected chi connectivity index (χ4v) is 3.34. The van der Waals surface area contributed by atoms with Gasteiger partial charge in [0.05, 0.1) is 0 Å². The number of piperazine rings is 1. The number of rotatable bonds is 6. The molecule has 0 aromatic rings. The topological polar surface area (TPSA) is 15.3 Å². The molecule has 1 saturated heterocycles. The van der Waals surface area contributed by atoms with Crippen LogP contribution in [0, 0.1) is 11.8 Å². The van der Waals surface area contributed by atoms with Gasteiger partial charge in [0, 0.05) is 31.2 Å². The lowest BCUT2D eigenvalue weighted by molar-refractivity contribution is 0.0519. The summed E-state index contributed by atoms with van der Waals surface area (Å²) in [6, 6.07) is 2.14. The maximum atomic E-state index is 3.75. The zero-order chi connectivity index (χ0) is 13.7. The van der Waals surface area contributed by atoms with Gasteiger partial charge < -0.3 is 5.32 Å². The summed E-state index contributed by atoms with van der Waals surface area (Å²) in [5.74, 6) is 1.54. The largest absolute Gasteiger partial charge is 0.311 e. The Morgan fingerprint density at radius 2 is 1.83 bits per heavy atom. The van der Waals surface area contributed by atoms with Crippen molar-refractivity contribution in [3.8, 4) is 0 Å². The molecule has 0 aliphatic carbocycles. The number of hydrogen-bond acceptors (Lipinski definition) is 2. The smallest absolute Gasteiger partial charge is 0.0247 e. The monoisotopic (exact) mass is 254 g/mol. The minimum Gasteiger partial charge on any atom is -0.311 e. The molecule has 18 heavy (non-hydrogen) atoms. The first-order valence-electron chi connectivity index (χ1n) is 7.94. The zero-order valence-corrected chi connectivity index (χ0v) is 13.4. The lowest BCUT2D eigenvalue weighted by atomic mass is 9.93. The summed E-state index contributed by atoms with van der Waals surface area (Å²) in [5, 5.41) is 3.75. The van der Waals surface area contributed by atoms with E-state index in [0.29, 0.717) is 12.1 Å². The Labute approximate surface area is 115 Å². The molecule has 3 atom stereocenters. The summed E-state index contributed by atoms with van der Waals surface area (Å²) in [7, 11) is 0. The lowest BCUT2D eigenvalue weighted by Crippen LogP contribution is -2.60. The van der Waals surface area contributed by atoms with E-state index in [1.165, 1.54) is 32.4 Å². The van der Waals surface area contributed by atoms with E-state index in [4.69, 9.17) is 0 Å². The summed E-state index contributed by atoms with van der Waals surface area (Å²) in [4.78, 5) is 2.78. The molecule has 0 spiro atoms. The molecular weight excluding hydrogens is 220 g/mol. The molecule has 0 radical (unpaired) electrons. The van der Waals surface area contributed by atoms with Crippen molar-refractivity contribution in [3.63, 3.8) is 0 Å². The Bertz CT molecular complexity index is 225. The van der Waals surface area contributed by atoms with Crippen molar-refractivity contribution < 1.29 is 0 Å². The maximum absolute atomic E-state index is 3.75. The van der Waals surface area contributed by atoms with Crippen LogP contribution in [0.25, 0.3) is 0 Å². The lowest BCUT2D eigenvalue weighted by Gasteiger charge is -2.46. The van der Waals surface area contributed by atoms with E-state index < -0.39 is 0 Å². The van der Waals surface area contributed by atoms with Gasteiger partial charge in [-0.25, -0.2) is 0 Å². The van der Waals surface area contributed by atoms with E-state index in [0.717, 1.165) is 17.9 Å². The van der Waals surface area contributed by atoms with Gasteiger partial charge in [0.2, 0.25) is 0 Å². The number of hydrogen-bond donors (Lipinski definition) is 1. The van der Waals surface area contributed by atoms with E-state index in [1.807, 2.05) is 0 Å². The molecule has 2 heteroatoms.